The highest BCUT2D eigenvalue weighted by Crippen LogP contribution is 2.70. The zero-order valence-electron chi connectivity index (χ0n) is 20.5. The summed E-state index contributed by atoms with van der Waals surface area (Å²) >= 11 is 0. The number of aromatic nitrogens is 2. The normalized spacial score (nSPS) is 21.9. The summed E-state index contributed by atoms with van der Waals surface area (Å²) in [5.74, 6) is 0.645. The molecular formula is C23H28F2N8O3. The number of methoxy groups -OCH3 is 1. The molecule has 0 aliphatic heterocycles. The van der Waals surface area contributed by atoms with Crippen molar-refractivity contribution in [3.05, 3.63) is 34.0 Å². The molecule has 2 bridgehead atoms. The number of anilines is 4. The van der Waals surface area contributed by atoms with Gasteiger partial charge in [0.05, 0.1) is 23.9 Å². The molecule has 3 aliphatic rings. The van der Waals surface area contributed by atoms with Gasteiger partial charge in [-0.05, 0) is 33.4 Å². The number of hydrogen-bond donors (Lipinski definition) is 2. The van der Waals surface area contributed by atoms with Crippen molar-refractivity contribution in [3.63, 3.8) is 0 Å². The van der Waals surface area contributed by atoms with Crippen molar-refractivity contribution in [1.29, 1.82) is 5.26 Å². The van der Waals surface area contributed by atoms with E-state index in [0.29, 0.717) is 43.8 Å². The van der Waals surface area contributed by atoms with Gasteiger partial charge in [-0.2, -0.15) is 10.2 Å². The SMILES string of the molecule is COc1cc(N(C)CCN(C)C)c([N+](=O)[O-])cc1Nc1ncc(C#N)c(NC23CC(C(F)F)(C2)C3)n1. The summed E-state index contributed by atoms with van der Waals surface area (Å²) in [5, 5.41) is 27.4. The van der Waals surface area contributed by atoms with Gasteiger partial charge in [0.1, 0.15) is 28.9 Å². The first-order valence-electron chi connectivity index (χ1n) is 11.3. The largest absolute Gasteiger partial charge is 0.494 e. The number of nitrogens with one attached hydrogen (secondary N) is 2. The summed E-state index contributed by atoms with van der Waals surface area (Å²) in [7, 11) is 7.05. The molecule has 1 heterocycles. The van der Waals surface area contributed by atoms with Crippen molar-refractivity contribution >= 4 is 28.8 Å². The van der Waals surface area contributed by atoms with E-state index in [2.05, 4.69) is 20.6 Å². The molecular weight excluding hydrogens is 474 g/mol. The number of likely N-dealkylation sites (N-methyl/N-ethyl adjacent to an activating group) is 2. The number of nitrogens with zero attached hydrogens (tertiary/aromatic N) is 6. The summed E-state index contributed by atoms with van der Waals surface area (Å²) in [4.78, 5) is 23.6. The van der Waals surface area contributed by atoms with E-state index in [1.54, 1.807) is 18.0 Å². The molecule has 1 aromatic heterocycles. The van der Waals surface area contributed by atoms with Crippen molar-refractivity contribution in [2.24, 2.45) is 5.41 Å². The highest BCUT2D eigenvalue weighted by atomic mass is 19.3. The predicted molar refractivity (Wildman–Crippen MR) is 130 cm³/mol. The van der Waals surface area contributed by atoms with Crippen LogP contribution in [0.5, 0.6) is 5.75 Å². The molecule has 3 fully saturated rings. The van der Waals surface area contributed by atoms with E-state index in [1.165, 1.54) is 19.4 Å². The van der Waals surface area contributed by atoms with E-state index in [9.17, 15) is 24.2 Å². The van der Waals surface area contributed by atoms with Crippen molar-refractivity contribution in [2.45, 2.75) is 31.2 Å². The third kappa shape index (κ3) is 4.56. The lowest BCUT2D eigenvalue weighted by Crippen LogP contribution is -2.73. The summed E-state index contributed by atoms with van der Waals surface area (Å²) < 4.78 is 31.9. The first-order valence-corrected chi connectivity index (χ1v) is 11.3. The number of halogens is 2. The fourth-order valence-corrected chi connectivity index (χ4v) is 4.97. The second kappa shape index (κ2) is 9.34. The Morgan fingerprint density at radius 1 is 1.28 bits per heavy atom. The topological polar surface area (TPSA) is 132 Å². The highest BCUT2D eigenvalue weighted by molar-refractivity contribution is 5.77. The molecule has 0 radical (unpaired) electrons. The second-order valence-corrected chi connectivity index (χ2v) is 9.81. The number of nitriles is 1. The van der Waals surface area contributed by atoms with E-state index in [-0.39, 0.29) is 28.7 Å². The Morgan fingerprint density at radius 2 is 1.97 bits per heavy atom. The van der Waals surface area contributed by atoms with Gasteiger partial charge in [0.2, 0.25) is 12.4 Å². The van der Waals surface area contributed by atoms with Crippen LogP contribution >= 0.6 is 0 Å². The van der Waals surface area contributed by atoms with Crippen LogP contribution in [0.15, 0.2) is 18.3 Å². The summed E-state index contributed by atoms with van der Waals surface area (Å²) in [5.41, 5.74) is -0.717. The molecule has 0 saturated heterocycles. The minimum absolute atomic E-state index is 0.0768. The zero-order chi connectivity index (χ0) is 26.3. The minimum atomic E-state index is -2.37. The van der Waals surface area contributed by atoms with Crippen LogP contribution in [0.25, 0.3) is 0 Å². The molecule has 3 saturated carbocycles. The summed E-state index contributed by atoms with van der Waals surface area (Å²) in [6.45, 7) is 1.26. The maximum absolute atomic E-state index is 13.2. The number of nitro benzene ring substituents is 1. The molecule has 2 aromatic rings. The van der Waals surface area contributed by atoms with Crippen LogP contribution in [0.4, 0.5) is 37.6 Å². The highest BCUT2D eigenvalue weighted by Gasteiger charge is 2.72. The fourth-order valence-electron chi connectivity index (χ4n) is 4.97. The Kier molecular flexibility index (Phi) is 6.57. The maximum atomic E-state index is 13.2. The van der Waals surface area contributed by atoms with Crippen LogP contribution < -0.4 is 20.3 Å². The van der Waals surface area contributed by atoms with Crippen LogP contribution in [0.2, 0.25) is 0 Å². The Morgan fingerprint density at radius 3 is 2.53 bits per heavy atom. The Balaban J connectivity index is 1.59. The first kappa shape index (κ1) is 25.3. The first-order chi connectivity index (χ1) is 17.0. The van der Waals surface area contributed by atoms with Crippen LogP contribution in [-0.2, 0) is 0 Å². The molecule has 13 heteroatoms. The van der Waals surface area contributed by atoms with E-state index >= 15 is 0 Å². The number of ether oxygens (including phenoxy) is 1. The summed E-state index contributed by atoms with van der Waals surface area (Å²) in [6.07, 6.45) is -0.0997. The Bertz CT molecular complexity index is 1200. The van der Waals surface area contributed by atoms with Crippen molar-refractivity contribution in [1.82, 2.24) is 14.9 Å². The van der Waals surface area contributed by atoms with Crippen LogP contribution in [0.1, 0.15) is 24.8 Å². The van der Waals surface area contributed by atoms with Crippen LogP contribution in [0, 0.1) is 26.9 Å². The standard InChI is InChI=1S/C23H28F2N8O3/c1-31(2)5-6-32(3)16-8-18(36-4)15(7-17(16)33(34)35)28-21-27-10-14(9-26)19(29-21)30-23-11-22(12-23,13-23)20(24)25/h7-8,10,20H,5-6,11-13H2,1-4H3,(H2,27,28,29,30). The van der Waals surface area contributed by atoms with E-state index in [0.717, 1.165) is 0 Å². The van der Waals surface area contributed by atoms with Gasteiger partial charge < -0.3 is 25.2 Å². The van der Waals surface area contributed by atoms with Gasteiger partial charge in [-0.1, -0.05) is 0 Å². The molecule has 1 aromatic carbocycles. The van der Waals surface area contributed by atoms with Gasteiger partial charge in [0, 0.05) is 43.2 Å². The molecule has 5 rings (SSSR count). The van der Waals surface area contributed by atoms with Gasteiger partial charge in [0.25, 0.3) is 5.69 Å². The van der Waals surface area contributed by atoms with E-state index in [1.807, 2.05) is 25.1 Å². The average molecular weight is 503 g/mol. The van der Waals surface area contributed by atoms with Crippen LogP contribution in [-0.4, -0.2) is 73.1 Å². The fraction of sp³-hybridized carbons (Fsp3) is 0.522. The third-order valence-corrected chi connectivity index (χ3v) is 6.86. The lowest BCUT2D eigenvalue weighted by atomic mass is 9.39. The van der Waals surface area contributed by atoms with Crippen molar-refractivity contribution in [3.8, 4) is 11.8 Å². The molecule has 0 spiro atoms. The van der Waals surface area contributed by atoms with Crippen molar-refractivity contribution < 1.29 is 18.4 Å². The Hall–Kier alpha value is -3.79. The van der Waals surface area contributed by atoms with Crippen LogP contribution in [0.3, 0.4) is 0 Å². The lowest BCUT2D eigenvalue weighted by Gasteiger charge is -2.70. The molecule has 0 unspecified atom stereocenters. The monoisotopic (exact) mass is 502 g/mol. The second-order valence-electron chi connectivity index (χ2n) is 9.81. The molecule has 0 atom stereocenters. The number of alkyl halides is 2. The molecule has 192 valence electrons. The zero-order valence-corrected chi connectivity index (χ0v) is 20.5. The quantitative estimate of drug-likeness (QED) is 0.347. The number of hydrogen-bond acceptors (Lipinski definition) is 10. The van der Waals surface area contributed by atoms with Gasteiger partial charge in [0.15, 0.2) is 0 Å². The van der Waals surface area contributed by atoms with E-state index < -0.39 is 22.3 Å². The summed E-state index contributed by atoms with van der Waals surface area (Å²) in [6, 6.07) is 4.93. The van der Waals surface area contributed by atoms with Gasteiger partial charge in [-0.3, -0.25) is 10.1 Å². The van der Waals surface area contributed by atoms with Gasteiger partial charge in [-0.15, -0.1) is 0 Å². The number of rotatable bonds is 11. The molecule has 0 amide bonds. The lowest BCUT2D eigenvalue weighted by molar-refractivity contribution is -0.384. The molecule has 11 nitrogen and oxygen atoms in total. The average Bonchev–Trinajstić information content (AvgIpc) is 2.78. The predicted octanol–water partition coefficient (Wildman–Crippen LogP) is 3.61. The minimum Gasteiger partial charge on any atom is -0.494 e. The smallest absolute Gasteiger partial charge is 0.294 e. The van der Waals surface area contributed by atoms with E-state index in [4.69, 9.17) is 4.74 Å². The number of benzene rings is 1. The molecule has 3 aliphatic carbocycles. The molecule has 2 N–H and O–H groups in total. The van der Waals surface area contributed by atoms with Crippen molar-refractivity contribution in [2.75, 3.05) is 56.9 Å². The number of nitro groups is 1. The Labute approximate surface area is 207 Å². The molecule has 36 heavy (non-hydrogen) atoms. The van der Waals surface area contributed by atoms with Gasteiger partial charge >= 0.3 is 0 Å². The maximum Gasteiger partial charge on any atom is 0.294 e. The third-order valence-electron chi connectivity index (χ3n) is 6.86. The van der Waals surface area contributed by atoms with Gasteiger partial charge in [-0.25, -0.2) is 13.8 Å².